The molecule has 1 aliphatic carbocycles. The molecule has 1 saturated carbocycles. The predicted molar refractivity (Wildman–Crippen MR) is 101 cm³/mol. The Morgan fingerprint density at radius 3 is 2.74 bits per heavy atom. The summed E-state index contributed by atoms with van der Waals surface area (Å²) in [5, 5.41) is 3.60. The van der Waals surface area contributed by atoms with Crippen LogP contribution in [0.5, 0.6) is 0 Å². The van der Waals surface area contributed by atoms with Crippen LogP contribution in [0.4, 0.5) is 0 Å². The summed E-state index contributed by atoms with van der Waals surface area (Å²) < 4.78 is 10.4. The van der Waals surface area contributed by atoms with E-state index in [1.165, 1.54) is 13.0 Å². The molecule has 6 heteroatoms. The van der Waals surface area contributed by atoms with Crippen molar-refractivity contribution in [2.24, 2.45) is 11.8 Å². The predicted octanol–water partition coefficient (Wildman–Crippen LogP) is 3.28. The summed E-state index contributed by atoms with van der Waals surface area (Å²) in [5.74, 6) is -0.288. The minimum atomic E-state index is -0.993. The van der Waals surface area contributed by atoms with E-state index < -0.39 is 17.7 Å². The third-order valence-electron chi connectivity index (χ3n) is 5.55. The molecule has 0 bridgehead atoms. The maximum absolute atomic E-state index is 12.4. The summed E-state index contributed by atoms with van der Waals surface area (Å²) in [5.41, 5.74) is -0.598. The number of carbonyl (C=O) groups is 2. The van der Waals surface area contributed by atoms with E-state index in [0.29, 0.717) is 22.8 Å². The van der Waals surface area contributed by atoms with Crippen LogP contribution >= 0.6 is 0 Å². The molecule has 1 N–H and O–H groups in total. The maximum Gasteiger partial charge on any atom is 0.351 e. The zero-order valence-corrected chi connectivity index (χ0v) is 15.9. The fourth-order valence-corrected chi connectivity index (χ4v) is 3.57. The third-order valence-corrected chi connectivity index (χ3v) is 5.55. The van der Waals surface area contributed by atoms with Gasteiger partial charge >= 0.3 is 11.6 Å². The molecule has 1 aromatic heterocycles. The van der Waals surface area contributed by atoms with E-state index in [0.717, 1.165) is 19.3 Å². The number of amides is 1. The van der Waals surface area contributed by atoms with Crippen LogP contribution in [-0.4, -0.2) is 24.0 Å². The first-order valence-electron chi connectivity index (χ1n) is 9.41. The molecule has 1 amide bonds. The molecule has 1 fully saturated rings. The minimum Gasteiger partial charge on any atom is -0.449 e. The van der Waals surface area contributed by atoms with Crippen LogP contribution in [0.1, 0.15) is 50.4 Å². The molecule has 144 valence electrons. The summed E-state index contributed by atoms with van der Waals surface area (Å²) in [6, 6.07) is 8.40. The summed E-state index contributed by atoms with van der Waals surface area (Å²) in [6.45, 7) is 5.82. The number of fused-ring (bicyclic) bond motifs is 1. The molecule has 6 nitrogen and oxygen atoms in total. The Hall–Kier alpha value is -2.63. The largest absolute Gasteiger partial charge is 0.449 e. The number of benzene rings is 1. The first kappa shape index (κ1) is 19.1. The van der Waals surface area contributed by atoms with Crippen molar-refractivity contribution in [3.05, 3.63) is 46.3 Å². The van der Waals surface area contributed by atoms with E-state index in [1.54, 1.807) is 24.3 Å². The van der Waals surface area contributed by atoms with Crippen molar-refractivity contribution < 1.29 is 18.7 Å². The molecule has 0 spiro atoms. The second kappa shape index (κ2) is 7.94. The maximum atomic E-state index is 12.4. The van der Waals surface area contributed by atoms with Gasteiger partial charge in [-0.1, -0.05) is 44.9 Å². The highest BCUT2D eigenvalue weighted by Gasteiger charge is 2.30. The Morgan fingerprint density at radius 1 is 1.22 bits per heavy atom. The number of para-hydroxylation sites is 1. The number of nitrogens with one attached hydrogen (secondary N) is 1. The fraction of sp³-hybridized carbons (Fsp3) is 0.476. The van der Waals surface area contributed by atoms with Gasteiger partial charge in [-0.3, -0.25) is 4.79 Å². The topological polar surface area (TPSA) is 85.6 Å². The summed E-state index contributed by atoms with van der Waals surface area (Å²) in [7, 11) is 0. The second-order valence-corrected chi connectivity index (χ2v) is 7.42. The number of hydrogen-bond acceptors (Lipinski definition) is 5. The van der Waals surface area contributed by atoms with Crippen LogP contribution < -0.4 is 10.9 Å². The van der Waals surface area contributed by atoms with Crippen LogP contribution in [0.3, 0.4) is 0 Å². The van der Waals surface area contributed by atoms with Crippen LogP contribution in [0.25, 0.3) is 11.0 Å². The van der Waals surface area contributed by atoms with Gasteiger partial charge in [0.1, 0.15) is 11.1 Å². The molecule has 4 atom stereocenters. The third kappa shape index (κ3) is 4.21. The van der Waals surface area contributed by atoms with Crippen molar-refractivity contribution in [1.29, 1.82) is 0 Å². The highest BCUT2D eigenvalue weighted by molar-refractivity contribution is 5.94. The molecule has 2 aromatic rings. The lowest BCUT2D eigenvalue weighted by molar-refractivity contribution is -0.130. The van der Waals surface area contributed by atoms with Gasteiger partial charge in [-0.15, -0.1) is 0 Å². The van der Waals surface area contributed by atoms with E-state index in [4.69, 9.17) is 9.15 Å². The number of esters is 1. The molecule has 1 aromatic carbocycles. The van der Waals surface area contributed by atoms with Crippen LogP contribution in [-0.2, 0) is 9.53 Å². The van der Waals surface area contributed by atoms with E-state index in [2.05, 4.69) is 19.2 Å². The monoisotopic (exact) mass is 371 g/mol. The number of carbonyl (C=O) groups excluding carboxylic acids is 2. The SMILES string of the molecule is C[C@@H]1[C@H](C)CCC[C@@H]1NC(=O)[C@@H](C)OC(=O)c1cc2ccccc2oc1=O. The standard InChI is InChI=1S/C21H25NO5/c1-12-7-6-9-17(13(12)2)22-19(23)14(3)26-20(24)16-11-15-8-4-5-10-18(15)27-21(16)25/h4-5,8,10-14,17H,6-7,9H2,1-3H3,(H,22,23)/t12-,13-,14-,17+/m1/s1. The Balaban J connectivity index is 1.67. The summed E-state index contributed by atoms with van der Waals surface area (Å²) in [6.07, 6.45) is 2.16. The van der Waals surface area contributed by atoms with Crippen LogP contribution in [0.2, 0.25) is 0 Å². The molecule has 0 aliphatic heterocycles. The number of rotatable bonds is 4. The van der Waals surface area contributed by atoms with Gasteiger partial charge in [0.05, 0.1) is 0 Å². The van der Waals surface area contributed by atoms with E-state index in [1.807, 2.05) is 0 Å². The lowest BCUT2D eigenvalue weighted by Gasteiger charge is -2.35. The van der Waals surface area contributed by atoms with Crippen LogP contribution in [0.15, 0.2) is 39.5 Å². The van der Waals surface area contributed by atoms with Gasteiger partial charge in [-0.05, 0) is 37.3 Å². The van der Waals surface area contributed by atoms with Crippen molar-refractivity contribution in [3.63, 3.8) is 0 Å². The lowest BCUT2D eigenvalue weighted by atomic mass is 9.78. The Bertz CT molecular complexity index is 903. The van der Waals surface area contributed by atoms with Crippen LogP contribution in [0, 0.1) is 11.8 Å². The van der Waals surface area contributed by atoms with Gasteiger partial charge in [0, 0.05) is 11.4 Å². The molecule has 0 unspecified atom stereocenters. The normalized spacial score (nSPS) is 23.6. The van der Waals surface area contributed by atoms with Gasteiger partial charge in [0.25, 0.3) is 5.91 Å². The smallest absolute Gasteiger partial charge is 0.351 e. The lowest BCUT2D eigenvalue weighted by Crippen LogP contribution is -2.47. The van der Waals surface area contributed by atoms with Gasteiger partial charge in [-0.2, -0.15) is 0 Å². The molecular weight excluding hydrogens is 346 g/mol. The van der Waals surface area contributed by atoms with Crippen molar-refractivity contribution >= 4 is 22.8 Å². The fourth-order valence-electron chi connectivity index (χ4n) is 3.57. The second-order valence-electron chi connectivity index (χ2n) is 7.42. The van der Waals surface area contributed by atoms with Crippen molar-refractivity contribution in [3.8, 4) is 0 Å². The highest BCUT2D eigenvalue weighted by atomic mass is 16.5. The summed E-state index contributed by atoms with van der Waals surface area (Å²) >= 11 is 0. The summed E-state index contributed by atoms with van der Waals surface area (Å²) in [4.78, 5) is 36.9. The number of ether oxygens (including phenoxy) is 1. The van der Waals surface area contributed by atoms with Gasteiger partial charge < -0.3 is 14.5 Å². The van der Waals surface area contributed by atoms with Crippen molar-refractivity contribution in [2.75, 3.05) is 0 Å². The first-order chi connectivity index (χ1) is 12.9. The highest BCUT2D eigenvalue weighted by Crippen LogP contribution is 2.29. The van der Waals surface area contributed by atoms with Gasteiger partial charge in [-0.25, -0.2) is 9.59 Å². The molecule has 3 rings (SSSR count). The molecule has 27 heavy (non-hydrogen) atoms. The zero-order valence-electron chi connectivity index (χ0n) is 15.9. The molecule has 0 saturated heterocycles. The van der Waals surface area contributed by atoms with Gasteiger partial charge in [0.15, 0.2) is 6.10 Å². The Morgan fingerprint density at radius 2 is 1.96 bits per heavy atom. The van der Waals surface area contributed by atoms with Gasteiger partial charge in [0.2, 0.25) is 0 Å². The number of hydrogen-bond donors (Lipinski definition) is 1. The average molecular weight is 371 g/mol. The van der Waals surface area contributed by atoms with Crippen molar-refractivity contribution in [2.45, 2.75) is 52.2 Å². The average Bonchev–Trinajstić information content (AvgIpc) is 2.64. The first-order valence-corrected chi connectivity index (χ1v) is 9.41. The molecule has 1 heterocycles. The van der Waals surface area contributed by atoms with E-state index >= 15 is 0 Å². The van der Waals surface area contributed by atoms with E-state index in [9.17, 15) is 14.4 Å². The quantitative estimate of drug-likeness (QED) is 0.658. The molecular formula is C21H25NO5. The minimum absolute atomic E-state index is 0.0770. The zero-order chi connectivity index (χ0) is 19.6. The molecule has 0 radical (unpaired) electrons. The van der Waals surface area contributed by atoms with Crippen molar-refractivity contribution in [1.82, 2.24) is 5.32 Å². The Kier molecular flexibility index (Phi) is 5.63. The van der Waals surface area contributed by atoms with E-state index in [-0.39, 0.29) is 17.5 Å². The molecule has 1 aliphatic rings. The Labute approximate surface area is 157 Å².